The van der Waals surface area contributed by atoms with Crippen LogP contribution in [0.1, 0.15) is 27.2 Å². The molecule has 0 aliphatic rings. The van der Waals surface area contributed by atoms with Crippen molar-refractivity contribution >= 4 is 10.4 Å². The second kappa shape index (κ2) is 6.34. The summed E-state index contributed by atoms with van der Waals surface area (Å²) < 4.78 is 34.3. The molecule has 0 spiro atoms. The summed E-state index contributed by atoms with van der Waals surface area (Å²) in [7, 11) is -4.52. The van der Waals surface area contributed by atoms with Gasteiger partial charge in [0.25, 0.3) is 0 Å². The Bertz CT molecular complexity index is 200. The van der Waals surface area contributed by atoms with Gasteiger partial charge in [0, 0.05) is 0 Å². The first-order chi connectivity index (χ1) is 4.81. The maximum absolute atomic E-state index is 10.0. The maximum atomic E-state index is 10.0. The van der Waals surface area contributed by atoms with Gasteiger partial charge in [-0.3, -0.25) is 4.18 Å². The van der Waals surface area contributed by atoms with Crippen LogP contribution >= 0.6 is 0 Å². The van der Waals surface area contributed by atoms with Gasteiger partial charge in [-0.1, -0.05) is 13.8 Å². The molecule has 0 radical (unpaired) electrons. The Kier molecular flexibility index (Phi) is 8.11. The first-order valence-electron chi connectivity index (χ1n) is 3.45. The van der Waals surface area contributed by atoms with Crippen LogP contribution in [-0.4, -0.2) is 19.1 Å². The first kappa shape index (κ1) is 15.3. The Morgan fingerprint density at radius 1 is 1.33 bits per heavy atom. The molecule has 0 aromatic rings. The summed E-state index contributed by atoms with van der Waals surface area (Å²) in [5.74, 6) is 0.326. The van der Waals surface area contributed by atoms with Gasteiger partial charge in [-0.15, -0.1) is 0 Å². The molecule has 1 atom stereocenters. The predicted molar refractivity (Wildman–Crippen MR) is 39.7 cm³/mol. The molecule has 0 amide bonds. The maximum Gasteiger partial charge on any atom is 1.00 e. The zero-order chi connectivity index (χ0) is 9.07. The van der Waals surface area contributed by atoms with Crippen molar-refractivity contribution < 1.29 is 46.7 Å². The van der Waals surface area contributed by atoms with Gasteiger partial charge in [-0.25, -0.2) is 8.42 Å². The Morgan fingerprint density at radius 2 is 1.75 bits per heavy atom. The van der Waals surface area contributed by atoms with E-state index in [-0.39, 0.29) is 29.6 Å². The second-order valence-corrected chi connectivity index (χ2v) is 3.95. The van der Waals surface area contributed by atoms with Crippen LogP contribution < -0.4 is 29.6 Å². The summed E-state index contributed by atoms with van der Waals surface area (Å²) in [6.07, 6.45) is 0.0547. The van der Waals surface area contributed by atoms with Crippen LogP contribution in [0.2, 0.25) is 0 Å². The topological polar surface area (TPSA) is 66.4 Å². The zero-order valence-electron chi connectivity index (χ0n) is 7.90. The molecule has 0 heterocycles. The van der Waals surface area contributed by atoms with Crippen molar-refractivity contribution in [3.05, 3.63) is 0 Å². The monoisotopic (exact) mass is 204 g/mol. The number of rotatable bonds is 4. The normalized spacial score (nSPS) is 14.1. The van der Waals surface area contributed by atoms with E-state index in [1.807, 2.05) is 13.8 Å². The van der Waals surface area contributed by atoms with Crippen LogP contribution in [0.25, 0.3) is 0 Å². The van der Waals surface area contributed by atoms with E-state index < -0.39 is 16.5 Å². The standard InChI is InChI=1S/C6H14O4S.Na/c1-5(2)4-6(3)10-11(7,8)9;/h5-6H,4H2,1-3H3,(H,7,8,9);/q;+1/p-1. The third kappa shape index (κ3) is 10.9. The third-order valence-corrected chi connectivity index (χ3v) is 1.65. The van der Waals surface area contributed by atoms with Gasteiger partial charge in [-0.2, -0.15) is 0 Å². The molecular formula is C6H13NaO4S. The first-order valence-corrected chi connectivity index (χ1v) is 4.78. The summed E-state index contributed by atoms with van der Waals surface area (Å²) >= 11 is 0. The zero-order valence-corrected chi connectivity index (χ0v) is 10.7. The smallest absolute Gasteiger partial charge is 0.726 e. The number of hydrogen-bond donors (Lipinski definition) is 0. The Hall–Kier alpha value is 0.870. The molecule has 0 bridgehead atoms. The molecule has 0 aromatic carbocycles. The largest absolute Gasteiger partial charge is 1.00 e. The summed E-state index contributed by atoms with van der Waals surface area (Å²) in [5, 5.41) is 0. The van der Waals surface area contributed by atoms with Crippen LogP contribution in [0.15, 0.2) is 0 Å². The van der Waals surface area contributed by atoms with Gasteiger partial charge in [0.2, 0.25) is 10.4 Å². The van der Waals surface area contributed by atoms with E-state index in [9.17, 15) is 13.0 Å². The van der Waals surface area contributed by atoms with Crippen LogP contribution in [0.4, 0.5) is 0 Å². The van der Waals surface area contributed by atoms with Crippen molar-refractivity contribution in [2.75, 3.05) is 0 Å². The fraction of sp³-hybridized carbons (Fsp3) is 1.00. The number of hydrogen-bond acceptors (Lipinski definition) is 4. The Balaban J connectivity index is 0. The molecule has 68 valence electrons. The molecule has 0 N–H and O–H groups in total. The fourth-order valence-electron chi connectivity index (χ4n) is 0.904. The van der Waals surface area contributed by atoms with Crippen LogP contribution in [0, 0.1) is 5.92 Å². The Morgan fingerprint density at radius 3 is 2.00 bits per heavy atom. The van der Waals surface area contributed by atoms with E-state index in [1.165, 1.54) is 0 Å². The molecule has 0 aliphatic carbocycles. The molecule has 6 heteroatoms. The van der Waals surface area contributed by atoms with Gasteiger partial charge in [-0.05, 0) is 19.3 Å². The molecule has 0 aromatic heterocycles. The molecule has 0 aliphatic heterocycles. The van der Waals surface area contributed by atoms with E-state index in [4.69, 9.17) is 0 Å². The minimum absolute atomic E-state index is 0. The van der Waals surface area contributed by atoms with Gasteiger partial charge >= 0.3 is 29.6 Å². The van der Waals surface area contributed by atoms with Crippen LogP contribution in [-0.2, 0) is 14.6 Å². The van der Waals surface area contributed by atoms with E-state index in [0.717, 1.165) is 0 Å². The van der Waals surface area contributed by atoms with E-state index in [2.05, 4.69) is 4.18 Å². The van der Waals surface area contributed by atoms with Crippen molar-refractivity contribution in [3.8, 4) is 0 Å². The fourth-order valence-corrected chi connectivity index (χ4v) is 1.39. The summed E-state index contributed by atoms with van der Waals surface area (Å²) in [6, 6.07) is 0. The van der Waals surface area contributed by atoms with Gasteiger partial charge in [0.1, 0.15) is 0 Å². The molecule has 0 saturated carbocycles. The van der Waals surface area contributed by atoms with Gasteiger partial charge in [0.05, 0.1) is 6.10 Å². The molecule has 0 saturated heterocycles. The summed E-state index contributed by atoms with van der Waals surface area (Å²) in [6.45, 7) is 5.42. The van der Waals surface area contributed by atoms with E-state index >= 15 is 0 Å². The molecular weight excluding hydrogens is 191 g/mol. The minimum atomic E-state index is -4.52. The molecule has 12 heavy (non-hydrogen) atoms. The van der Waals surface area contributed by atoms with Crippen molar-refractivity contribution in [1.82, 2.24) is 0 Å². The average Bonchev–Trinajstić information content (AvgIpc) is 1.53. The van der Waals surface area contributed by atoms with Crippen molar-refractivity contribution in [2.45, 2.75) is 33.3 Å². The quantitative estimate of drug-likeness (QED) is 0.299. The third-order valence-electron chi connectivity index (χ3n) is 1.09. The van der Waals surface area contributed by atoms with E-state index in [1.54, 1.807) is 6.92 Å². The predicted octanol–water partition coefficient (Wildman–Crippen LogP) is -2.10. The van der Waals surface area contributed by atoms with Crippen LogP contribution in [0.3, 0.4) is 0 Å². The Labute approximate surface area is 95.9 Å². The SMILES string of the molecule is CC(C)CC(C)OS(=O)(=O)[O-].[Na+]. The summed E-state index contributed by atoms with van der Waals surface area (Å²) in [5.41, 5.74) is 0. The van der Waals surface area contributed by atoms with E-state index in [0.29, 0.717) is 12.3 Å². The average molecular weight is 204 g/mol. The molecule has 0 fully saturated rings. The van der Waals surface area contributed by atoms with Crippen molar-refractivity contribution in [3.63, 3.8) is 0 Å². The van der Waals surface area contributed by atoms with Crippen molar-refractivity contribution in [2.24, 2.45) is 5.92 Å². The summed E-state index contributed by atoms with van der Waals surface area (Å²) in [4.78, 5) is 0. The molecule has 0 rings (SSSR count). The van der Waals surface area contributed by atoms with Gasteiger partial charge < -0.3 is 4.55 Å². The molecule has 1 unspecified atom stereocenters. The van der Waals surface area contributed by atoms with Gasteiger partial charge in [0.15, 0.2) is 0 Å². The second-order valence-electron chi connectivity index (χ2n) is 2.94. The van der Waals surface area contributed by atoms with Crippen LogP contribution in [0.5, 0.6) is 0 Å². The van der Waals surface area contributed by atoms with Crippen molar-refractivity contribution in [1.29, 1.82) is 0 Å². The molecule has 4 nitrogen and oxygen atoms in total. The minimum Gasteiger partial charge on any atom is -0.726 e.